The van der Waals surface area contributed by atoms with Gasteiger partial charge in [-0.3, -0.25) is 19.7 Å². The lowest BCUT2D eigenvalue weighted by Gasteiger charge is -2.22. The smallest absolute Gasteiger partial charge is 0.309 e. The van der Waals surface area contributed by atoms with Crippen LogP contribution in [0.1, 0.15) is 19.3 Å². The van der Waals surface area contributed by atoms with E-state index in [2.05, 4.69) is 10.6 Å². The van der Waals surface area contributed by atoms with E-state index in [1.807, 2.05) is 0 Å². The van der Waals surface area contributed by atoms with Gasteiger partial charge in [-0.1, -0.05) is 6.42 Å². The van der Waals surface area contributed by atoms with Crippen molar-refractivity contribution in [1.29, 1.82) is 0 Å². The van der Waals surface area contributed by atoms with Gasteiger partial charge in [0, 0.05) is 30.9 Å². The van der Waals surface area contributed by atoms with E-state index in [-0.39, 0.29) is 30.1 Å². The van der Waals surface area contributed by atoms with Crippen LogP contribution in [0.4, 0.5) is 11.4 Å². The third-order valence-corrected chi connectivity index (χ3v) is 3.64. The number of nitro groups is 1. The molecule has 0 aliphatic heterocycles. The summed E-state index contributed by atoms with van der Waals surface area (Å²) in [4.78, 5) is 33.0. The van der Waals surface area contributed by atoms with Gasteiger partial charge in [0.05, 0.1) is 10.8 Å². The Morgan fingerprint density at radius 1 is 1.22 bits per heavy atom. The summed E-state index contributed by atoms with van der Waals surface area (Å²) in [6.07, 6.45) is 2.74. The summed E-state index contributed by atoms with van der Waals surface area (Å²) in [5, 5.41) is 16.2. The van der Waals surface area contributed by atoms with Gasteiger partial charge >= 0.3 is 5.97 Å². The molecule has 8 heteroatoms. The van der Waals surface area contributed by atoms with E-state index in [1.54, 1.807) is 12.1 Å². The number of ether oxygens (including phenoxy) is 1. The fourth-order valence-corrected chi connectivity index (χ4v) is 2.06. The zero-order valence-electron chi connectivity index (χ0n) is 12.6. The number of nitro benzene ring substituents is 1. The maximum Gasteiger partial charge on any atom is 0.309 e. The highest BCUT2D eigenvalue weighted by molar-refractivity contribution is 5.81. The first kappa shape index (κ1) is 16.7. The number of carbonyl (C=O) groups excluding carboxylic acids is 2. The number of hydrogen-bond acceptors (Lipinski definition) is 6. The number of amides is 1. The summed E-state index contributed by atoms with van der Waals surface area (Å²) in [6, 6.07) is 6.00. The second-order valence-corrected chi connectivity index (χ2v) is 5.32. The molecule has 1 aromatic rings. The highest BCUT2D eigenvalue weighted by Gasteiger charge is 2.26. The third kappa shape index (κ3) is 5.24. The summed E-state index contributed by atoms with van der Waals surface area (Å²) >= 11 is 0. The van der Waals surface area contributed by atoms with E-state index in [4.69, 9.17) is 4.74 Å². The Balaban J connectivity index is 1.58. The molecule has 1 aromatic carbocycles. The summed E-state index contributed by atoms with van der Waals surface area (Å²) in [5.74, 6) is -0.676. The largest absolute Gasteiger partial charge is 0.455 e. The van der Waals surface area contributed by atoms with Gasteiger partial charge in [0.2, 0.25) is 0 Å². The second-order valence-electron chi connectivity index (χ2n) is 5.32. The molecule has 8 nitrogen and oxygen atoms in total. The van der Waals surface area contributed by atoms with Gasteiger partial charge in [-0.15, -0.1) is 0 Å². The number of rotatable bonds is 8. The van der Waals surface area contributed by atoms with Crippen molar-refractivity contribution in [2.24, 2.45) is 5.92 Å². The number of nitrogens with zero attached hydrogens (tertiary/aromatic N) is 1. The Morgan fingerprint density at radius 3 is 2.48 bits per heavy atom. The van der Waals surface area contributed by atoms with Crippen LogP contribution in [0.15, 0.2) is 24.3 Å². The van der Waals surface area contributed by atoms with Gasteiger partial charge < -0.3 is 15.4 Å². The van der Waals surface area contributed by atoms with Crippen LogP contribution in [0.5, 0.6) is 0 Å². The molecule has 0 spiro atoms. The molecule has 0 radical (unpaired) electrons. The quantitative estimate of drug-likeness (QED) is 0.325. The van der Waals surface area contributed by atoms with Gasteiger partial charge in [-0.05, 0) is 25.0 Å². The zero-order chi connectivity index (χ0) is 16.7. The monoisotopic (exact) mass is 321 g/mol. The molecule has 1 amide bonds. The molecule has 1 aliphatic rings. The standard InChI is InChI=1S/C15H19N3O5/c19-14(10-23-15(20)11-2-1-3-11)17-9-8-16-12-4-6-13(7-5-12)18(21)22/h4-7,11,16H,1-3,8-10H2,(H,17,19). The van der Waals surface area contributed by atoms with E-state index in [0.717, 1.165) is 24.9 Å². The predicted octanol–water partition coefficient (Wildman–Crippen LogP) is 1.47. The van der Waals surface area contributed by atoms with E-state index < -0.39 is 4.92 Å². The lowest BCUT2D eigenvalue weighted by molar-refractivity contribution is -0.384. The highest BCUT2D eigenvalue weighted by Crippen LogP contribution is 2.27. The molecular weight excluding hydrogens is 302 g/mol. The van der Waals surface area contributed by atoms with Crippen LogP contribution >= 0.6 is 0 Å². The maximum atomic E-state index is 11.5. The lowest BCUT2D eigenvalue weighted by Crippen LogP contribution is -2.34. The third-order valence-electron chi connectivity index (χ3n) is 3.64. The predicted molar refractivity (Wildman–Crippen MR) is 82.9 cm³/mol. The molecule has 2 rings (SSSR count). The summed E-state index contributed by atoms with van der Waals surface area (Å²) < 4.78 is 4.92. The number of non-ortho nitro benzene ring substituents is 1. The Kier molecular flexibility index (Phi) is 5.90. The van der Waals surface area contributed by atoms with Gasteiger partial charge in [-0.25, -0.2) is 0 Å². The molecule has 124 valence electrons. The Bertz CT molecular complexity index is 569. The van der Waals surface area contributed by atoms with E-state index in [9.17, 15) is 19.7 Å². The van der Waals surface area contributed by atoms with Crippen molar-refractivity contribution in [1.82, 2.24) is 5.32 Å². The Labute approximate surface area is 133 Å². The fraction of sp³-hybridized carbons (Fsp3) is 0.467. The van der Waals surface area contributed by atoms with Gasteiger partial charge in [0.1, 0.15) is 0 Å². The molecule has 0 atom stereocenters. The van der Waals surface area contributed by atoms with Crippen molar-refractivity contribution in [3.8, 4) is 0 Å². The topological polar surface area (TPSA) is 111 Å². The van der Waals surface area contributed by atoms with Crippen molar-refractivity contribution in [3.05, 3.63) is 34.4 Å². The highest BCUT2D eigenvalue weighted by atomic mass is 16.6. The first-order chi connectivity index (χ1) is 11.1. The van der Waals surface area contributed by atoms with Gasteiger partial charge in [0.15, 0.2) is 6.61 Å². The Morgan fingerprint density at radius 2 is 1.91 bits per heavy atom. The summed E-state index contributed by atoms with van der Waals surface area (Å²) in [7, 11) is 0. The van der Waals surface area contributed by atoms with Crippen molar-refractivity contribution >= 4 is 23.3 Å². The number of carbonyl (C=O) groups is 2. The molecule has 1 saturated carbocycles. The minimum atomic E-state index is -0.463. The van der Waals surface area contributed by atoms with Crippen molar-refractivity contribution in [2.75, 3.05) is 25.0 Å². The molecule has 1 fully saturated rings. The van der Waals surface area contributed by atoms with E-state index in [1.165, 1.54) is 12.1 Å². The minimum absolute atomic E-state index is 0.0251. The van der Waals surface area contributed by atoms with Crippen LogP contribution in [0, 0.1) is 16.0 Å². The SMILES string of the molecule is O=C(COC(=O)C1CCC1)NCCNc1ccc([N+](=O)[O-])cc1. The first-order valence-electron chi connectivity index (χ1n) is 7.48. The fourth-order valence-electron chi connectivity index (χ4n) is 2.06. The van der Waals surface area contributed by atoms with Crippen LogP contribution in [-0.2, 0) is 14.3 Å². The number of benzene rings is 1. The van der Waals surface area contributed by atoms with E-state index in [0.29, 0.717) is 13.1 Å². The molecular formula is C15H19N3O5. The minimum Gasteiger partial charge on any atom is -0.455 e. The van der Waals surface area contributed by atoms with Crippen LogP contribution in [-0.4, -0.2) is 36.5 Å². The van der Waals surface area contributed by atoms with Crippen LogP contribution in [0.25, 0.3) is 0 Å². The van der Waals surface area contributed by atoms with Crippen LogP contribution in [0.2, 0.25) is 0 Å². The van der Waals surface area contributed by atoms with Crippen LogP contribution < -0.4 is 10.6 Å². The van der Waals surface area contributed by atoms with Crippen molar-refractivity contribution < 1.29 is 19.2 Å². The maximum absolute atomic E-state index is 11.5. The molecule has 1 aliphatic carbocycles. The molecule has 23 heavy (non-hydrogen) atoms. The van der Waals surface area contributed by atoms with Gasteiger partial charge in [0.25, 0.3) is 11.6 Å². The normalized spacial score (nSPS) is 13.7. The molecule has 2 N–H and O–H groups in total. The molecule has 0 unspecified atom stereocenters. The molecule has 0 aromatic heterocycles. The molecule has 0 bridgehead atoms. The number of esters is 1. The van der Waals surface area contributed by atoms with Crippen molar-refractivity contribution in [3.63, 3.8) is 0 Å². The summed E-state index contributed by atoms with van der Waals surface area (Å²) in [5.41, 5.74) is 0.749. The van der Waals surface area contributed by atoms with Crippen molar-refractivity contribution in [2.45, 2.75) is 19.3 Å². The summed E-state index contributed by atoms with van der Waals surface area (Å²) in [6.45, 7) is 0.559. The number of nitrogens with one attached hydrogen (secondary N) is 2. The first-order valence-corrected chi connectivity index (χ1v) is 7.48. The average Bonchev–Trinajstić information content (AvgIpc) is 2.48. The van der Waals surface area contributed by atoms with Crippen LogP contribution in [0.3, 0.4) is 0 Å². The second kappa shape index (κ2) is 8.11. The number of anilines is 1. The lowest BCUT2D eigenvalue weighted by atomic mass is 9.86. The Hall–Kier alpha value is -2.64. The average molecular weight is 321 g/mol. The van der Waals surface area contributed by atoms with E-state index >= 15 is 0 Å². The zero-order valence-corrected chi connectivity index (χ0v) is 12.6. The van der Waals surface area contributed by atoms with Gasteiger partial charge in [-0.2, -0.15) is 0 Å². The number of hydrogen-bond donors (Lipinski definition) is 2. The molecule has 0 heterocycles. The molecule has 0 saturated heterocycles.